The van der Waals surface area contributed by atoms with Crippen LogP contribution in [-0.2, 0) is 4.79 Å². The van der Waals surface area contributed by atoms with Crippen LogP contribution in [0.3, 0.4) is 0 Å². The molecule has 0 bridgehead atoms. The molecule has 0 unspecified atom stereocenters. The largest absolute Gasteiger partial charge is 0.408 e. The first-order chi connectivity index (χ1) is 8.01. The third-order valence-electron chi connectivity index (χ3n) is 2.38. The van der Waals surface area contributed by atoms with Crippen molar-refractivity contribution in [2.75, 3.05) is 11.9 Å². The van der Waals surface area contributed by atoms with Gasteiger partial charge in [0.25, 0.3) is 0 Å². The van der Waals surface area contributed by atoms with Gasteiger partial charge in [0.15, 0.2) is 0 Å². The molecule has 6 heteroatoms. The highest BCUT2D eigenvalue weighted by atomic mass is 16.4. The molecule has 1 amide bonds. The summed E-state index contributed by atoms with van der Waals surface area (Å²) >= 11 is 0. The quantitative estimate of drug-likeness (QED) is 0.782. The smallest absolute Gasteiger partial charge is 0.322 e. The number of rotatable bonds is 6. The number of nitrogens with one attached hydrogen (secondary N) is 1. The number of anilines is 1. The average Bonchev–Trinajstić information content (AvgIpc) is 2.62. The van der Waals surface area contributed by atoms with Gasteiger partial charge in [0.2, 0.25) is 11.8 Å². The Bertz CT molecular complexity index is 362. The Labute approximate surface area is 101 Å². The third-order valence-corrected chi connectivity index (χ3v) is 2.38. The molecule has 1 aromatic rings. The van der Waals surface area contributed by atoms with E-state index in [2.05, 4.69) is 29.4 Å². The predicted molar refractivity (Wildman–Crippen MR) is 64.3 cm³/mol. The van der Waals surface area contributed by atoms with Crippen molar-refractivity contribution in [1.82, 2.24) is 10.2 Å². The Morgan fingerprint density at radius 2 is 2.18 bits per heavy atom. The molecule has 0 radical (unpaired) electrons. The molecule has 1 rings (SSSR count). The summed E-state index contributed by atoms with van der Waals surface area (Å²) in [7, 11) is 0. The molecule has 0 saturated carbocycles. The molecule has 1 atom stereocenters. The lowest BCUT2D eigenvalue weighted by atomic mass is 9.94. The minimum atomic E-state index is -0.134. The number of hydrogen-bond acceptors (Lipinski definition) is 5. The van der Waals surface area contributed by atoms with Crippen LogP contribution in [-0.4, -0.2) is 22.6 Å². The molecule has 0 spiro atoms. The molecular weight excluding hydrogens is 220 g/mol. The minimum Gasteiger partial charge on any atom is -0.408 e. The van der Waals surface area contributed by atoms with E-state index >= 15 is 0 Å². The van der Waals surface area contributed by atoms with Crippen LogP contribution in [0.25, 0.3) is 0 Å². The number of nitrogens with zero attached hydrogens (tertiary/aromatic N) is 2. The predicted octanol–water partition coefficient (Wildman–Crippen LogP) is 1.33. The average molecular weight is 240 g/mol. The monoisotopic (exact) mass is 240 g/mol. The highest BCUT2D eigenvalue weighted by molar-refractivity contribution is 5.88. The van der Waals surface area contributed by atoms with Gasteiger partial charge in [-0.25, -0.2) is 0 Å². The van der Waals surface area contributed by atoms with Crippen LogP contribution in [0, 0.1) is 18.8 Å². The van der Waals surface area contributed by atoms with Gasteiger partial charge in [-0.15, -0.1) is 5.10 Å². The molecule has 0 saturated heterocycles. The van der Waals surface area contributed by atoms with E-state index in [0.717, 1.165) is 6.42 Å². The van der Waals surface area contributed by atoms with Gasteiger partial charge in [0.1, 0.15) is 0 Å². The molecular formula is C11H20N4O2. The number of carbonyl (C=O) groups is 1. The maximum Gasteiger partial charge on any atom is 0.322 e. The lowest BCUT2D eigenvalue weighted by Gasteiger charge is -2.15. The molecule has 0 fully saturated rings. The summed E-state index contributed by atoms with van der Waals surface area (Å²) in [6.45, 7) is 6.41. The van der Waals surface area contributed by atoms with E-state index in [-0.39, 0.29) is 17.8 Å². The van der Waals surface area contributed by atoms with E-state index in [1.807, 2.05) is 0 Å². The fraction of sp³-hybridized carbons (Fsp3) is 0.727. The van der Waals surface area contributed by atoms with Gasteiger partial charge in [-0.3, -0.25) is 10.1 Å². The van der Waals surface area contributed by atoms with Gasteiger partial charge in [0, 0.05) is 13.3 Å². The van der Waals surface area contributed by atoms with Crippen molar-refractivity contribution in [1.29, 1.82) is 0 Å². The first-order valence-corrected chi connectivity index (χ1v) is 5.81. The first-order valence-electron chi connectivity index (χ1n) is 5.81. The number of carbonyl (C=O) groups excluding carboxylic acids is 1. The highest BCUT2D eigenvalue weighted by Crippen LogP contribution is 2.15. The van der Waals surface area contributed by atoms with Crippen molar-refractivity contribution in [2.24, 2.45) is 17.6 Å². The standard InChI is InChI=1S/C11H20N4O2/c1-7(2)4-9(6-12)5-10(16)13-11-15-14-8(3)17-11/h7,9H,4-6,12H2,1-3H3,(H,13,15,16)/t9-/m0/s1. The van der Waals surface area contributed by atoms with E-state index in [4.69, 9.17) is 10.2 Å². The maximum atomic E-state index is 11.7. The number of nitrogens with two attached hydrogens (primary N) is 1. The van der Waals surface area contributed by atoms with Crippen molar-refractivity contribution in [3.05, 3.63) is 5.89 Å². The number of aryl methyl sites for hydroxylation is 1. The summed E-state index contributed by atoms with van der Waals surface area (Å²) in [5.41, 5.74) is 5.64. The summed E-state index contributed by atoms with van der Waals surface area (Å²) in [4.78, 5) is 11.7. The second kappa shape index (κ2) is 6.34. The summed E-state index contributed by atoms with van der Waals surface area (Å²) < 4.78 is 5.07. The number of aromatic nitrogens is 2. The van der Waals surface area contributed by atoms with Gasteiger partial charge in [-0.05, 0) is 24.8 Å². The van der Waals surface area contributed by atoms with E-state index in [1.165, 1.54) is 0 Å². The van der Waals surface area contributed by atoms with Crippen LogP contribution in [0.4, 0.5) is 6.01 Å². The number of amides is 1. The molecule has 0 aromatic carbocycles. The Morgan fingerprint density at radius 1 is 1.47 bits per heavy atom. The Balaban J connectivity index is 2.42. The minimum absolute atomic E-state index is 0.134. The Morgan fingerprint density at radius 3 is 2.65 bits per heavy atom. The molecule has 6 nitrogen and oxygen atoms in total. The molecule has 0 aliphatic heterocycles. The summed E-state index contributed by atoms with van der Waals surface area (Å²) in [6.07, 6.45) is 1.32. The van der Waals surface area contributed by atoms with E-state index < -0.39 is 0 Å². The SMILES string of the molecule is Cc1nnc(NC(=O)C[C@@H](CN)CC(C)C)o1. The number of hydrogen-bond donors (Lipinski definition) is 2. The Hall–Kier alpha value is -1.43. The normalized spacial score (nSPS) is 12.8. The van der Waals surface area contributed by atoms with Crippen molar-refractivity contribution >= 4 is 11.9 Å². The Kier molecular flexibility index (Phi) is 5.09. The van der Waals surface area contributed by atoms with Crippen molar-refractivity contribution in [3.63, 3.8) is 0 Å². The van der Waals surface area contributed by atoms with Crippen LogP contribution in [0.1, 0.15) is 32.6 Å². The van der Waals surface area contributed by atoms with E-state index in [9.17, 15) is 4.79 Å². The highest BCUT2D eigenvalue weighted by Gasteiger charge is 2.15. The van der Waals surface area contributed by atoms with Gasteiger partial charge in [-0.2, -0.15) is 0 Å². The van der Waals surface area contributed by atoms with Crippen LogP contribution in [0.5, 0.6) is 0 Å². The van der Waals surface area contributed by atoms with Crippen molar-refractivity contribution in [2.45, 2.75) is 33.6 Å². The lowest BCUT2D eigenvalue weighted by molar-refractivity contribution is -0.117. The fourth-order valence-corrected chi connectivity index (χ4v) is 1.71. The zero-order valence-electron chi connectivity index (χ0n) is 10.6. The van der Waals surface area contributed by atoms with E-state index in [1.54, 1.807) is 6.92 Å². The molecule has 1 aromatic heterocycles. The fourth-order valence-electron chi connectivity index (χ4n) is 1.71. The zero-order chi connectivity index (χ0) is 12.8. The second-order valence-corrected chi connectivity index (χ2v) is 4.61. The zero-order valence-corrected chi connectivity index (χ0v) is 10.6. The topological polar surface area (TPSA) is 94.0 Å². The molecule has 3 N–H and O–H groups in total. The molecule has 0 aliphatic rings. The summed E-state index contributed by atoms with van der Waals surface area (Å²) in [5.74, 6) is 1.02. The molecule has 1 heterocycles. The van der Waals surface area contributed by atoms with Crippen LogP contribution >= 0.6 is 0 Å². The molecule has 0 aliphatic carbocycles. The van der Waals surface area contributed by atoms with Crippen molar-refractivity contribution in [3.8, 4) is 0 Å². The van der Waals surface area contributed by atoms with Crippen LogP contribution in [0.2, 0.25) is 0 Å². The summed E-state index contributed by atoms with van der Waals surface area (Å²) in [5, 5.41) is 9.90. The van der Waals surface area contributed by atoms with Crippen LogP contribution < -0.4 is 11.1 Å². The van der Waals surface area contributed by atoms with Crippen LogP contribution in [0.15, 0.2) is 4.42 Å². The first kappa shape index (κ1) is 13.6. The molecule has 96 valence electrons. The second-order valence-electron chi connectivity index (χ2n) is 4.61. The maximum absolute atomic E-state index is 11.7. The van der Waals surface area contributed by atoms with Gasteiger partial charge >= 0.3 is 6.01 Å². The molecule has 17 heavy (non-hydrogen) atoms. The van der Waals surface area contributed by atoms with Gasteiger partial charge in [0.05, 0.1) is 0 Å². The summed E-state index contributed by atoms with van der Waals surface area (Å²) in [6, 6.07) is 0.146. The lowest BCUT2D eigenvalue weighted by Crippen LogP contribution is -2.23. The van der Waals surface area contributed by atoms with Gasteiger partial charge in [-0.1, -0.05) is 18.9 Å². The van der Waals surface area contributed by atoms with Gasteiger partial charge < -0.3 is 10.2 Å². The third kappa shape index (κ3) is 4.95. The van der Waals surface area contributed by atoms with Crippen molar-refractivity contribution < 1.29 is 9.21 Å². The van der Waals surface area contributed by atoms with E-state index in [0.29, 0.717) is 24.8 Å².